The number of fused-ring (bicyclic) bond motifs is 1. The fourth-order valence-electron chi connectivity index (χ4n) is 4.16. The van der Waals surface area contributed by atoms with Gasteiger partial charge in [-0.05, 0) is 53.6 Å². The quantitative estimate of drug-likeness (QED) is 0.188. The molecule has 6 rings (SSSR count). The molecule has 1 amide bonds. The molecule has 1 aliphatic heterocycles. The lowest BCUT2D eigenvalue weighted by Crippen LogP contribution is -2.26. The van der Waals surface area contributed by atoms with Crippen LogP contribution in [0.15, 0.2) is 85.2 Å². The van der Waals surface area contributed by atoms with E-state index < -0.39 is 6.09 Å². The Kier molecular flexibility index (Phi) is 7.13. The van der Waals surface area contributed by atoms with E-state index in [2.05, 4.69) is 20.6 Å². The summed E-state index contributed by atoms with van der Waals surface area (Å²) in [5.74, 6) is 1.95. The van der Waals surface area contributed by atoms with E-state index in [1.165, 1.54) is 0 Å². The fourth-order valence-corrected chi connectivity index (χ4v) is 4.69. The number of nitrogens with one attached hydrogen (secondary N) is 3. The summed E-state index contributed by atoms with van der Waals surface area (Å²) in [6, 6.07) is 22.0. The molecule has 0 aliphatic carbocycles. The number of halogens is 2. The Bertz CT molecular complexity index is 1670. The molecule has 0 bridgehead atoms. The Hall–Kier alpha value is -4.73. The molecule has 3 aromatic carbocycles. The van der Waals surface area contributed by atoms with Crippen molar-refractivity contribution in [2.45, 2.75) is 6.54 Å². The first-order chi connectivity index (χ1) is 19.5. The van der Waals surface area contributed by atoms with E-state index in [9.17, 15) is 4.79 Å². The Morgan fingerprint density at radius 2 is 1.75 bits per heavy atom. The van der Waals surface area contributed by atoms with Crippen LogP contribution in [-0.2, 0) is 6.54 Å². The van der Waals surface area contributed by atoms with E-state index in [0.717, 1.165) is 16.8 Å². The Morgan fingerprint density at radius 1 is 0.950 bits per heavy atom. The lowest BCUT2D eigenvalue weighted by atomic mass is 10.0. The topological polar surface area (TPSA) is 110 Å². The Labute approximate surface area is 239 Å². The molecule has 9 nitrogen and oxygen atoms in total. The van der Waals surface area contributed by atoms with Crippen LogP contribution >= 0.6 is 23.2 Å². The van der Waals surface area contributed by atoms with Crippen LogP contribution < -0.4 is 24.8 Å². The summed E-state index contributed by atoms with van der Waals surface area (Å²) in [6.45, 7) is 0.439. The van der Waals surface area contributed by atoms with Crippen molar-refractivity contribution in [2.75, 3.05) is 12.1 Å². The van der Waals surface area contributed by atoms with Crippen molar-refractivity contribution in [1.82, 2.24) is 20.3 Å². The van der Waals surface area contributed by atoms with Gasteiger partial charge in [0.2, 0.25) is 18.6 Å². The predicted molar refractivity (Wildman–Crippen MR) is 152 cm³/mol. The van der Waals surface area contributed by atoms with Crippen LogP contribution in [0, 0.1) is 0 Å². The summed E-state index contributed by atoms with van der Waals surface area (Å²) in [7, 11) is 0. The zero-order chi connectivity index (χ0) is 27.5. The van der Waals surface area contributed by atoms with Crippen LogP contribution in [0.25, 0.3) is 22.4 Å². The van der Waals surface area contributed by atoms with Crippen LogP contribution in [0.3, 0.4) is 0 Å². The molecule has 40 heavy (non-hydrogen) atoms. The van der Waals surface area contributed by atoms with Crippen molar-refractivity contribution < 1.29 is 19.0 Å². The molecule has 200 valence electrons. The molecular weight excluding hydrogens is 553 g/mol. The van der Waals surface area contributed by atoms with Crippen LogP contribution in [0.1, 0.15) is 5.56 Å². The summed E-state index contributed by atoms with van der Waals surface area (Å²) < 4.78 is 16.2. The summed E-state index contributed by atoms with van der Waals surface area (Å²) in [5, 5.41) is 6.90. The van der Waals surface area contributed by atoms with Crippen LogP contribution in [0.5, 0.6) is 17.4 Å². The molecule has 0 radical (unpaired) electrons. The van der Waals surface area contributed by atoms with Crippen molar-refractivity contribution in [1.29, 1.82) is 0 Å². The lowest BCUT2D eigenvalue weighted by Gasteiger charge is -2.11. The van der Waals surface area contributed by atoms with Crippen LogP contribution in [-0.4, -0.2) is 27.8 Å². The number of para-hydroxylation sites is 1. The molecule has 1 aliphatic rings. The molecule has 0 saturated heterocycles. The first kappa shape index (κ1) is 25.5. The largest absolute Gasteiger partial charge is 0.454 e. The van der Waals surface area contributed by atoms with Crippen molar-refractivity contribution in [3.8, 4) is 39.8 Å². The highest BCUT2D eigenvalue weighted by Gasteiger charge is 2.17. The van der Waals surface area contributed by atoms with Gasteiger partial charge in [-0.3, -0.25) is 0 Å². The number of carbonyl (C=O) groups excluding carboxylic acids is 1. The number of hydrogen-bond donors (Lipinski definition) is 3. The maximum Gasteiger partial charge on any atom is 0.414 e. The highest BCUT2D eigenvalue weighted by molar-refractivity contribution is 6.35. The number of ether oxygens (including phenoxy) is 3. The lowest BCUT2D eigenvalue weighted by molar-refractivity contribution is 0.174. The molecule has 0 unspecified atom stereocenters. The van der Waals surface area contributed by atoms with Crippen molar-refractivity contribution >= 4 is 40.9 Å². The molecular formula is C29H21Cl2N5O4. The minimum atomic E-state index is -0.623. The second kappa shape index (κ2) is 11.2. The highest BCUT2D eigenvalue weighted by Crippen LogP contribution is 2.36. The first-order valence-electron chi connectivity index (χ1n) is 12.2. The normalized spacial score (nSPS) is 11.8. The van der Waals surface area contributed by atoms with Crippen LogP contribution in [0.4, 0.5) is 16.4 Å². The van der Waals surface area contributed by atoms with Gasteiger partial charge in [0.25, 0.3) is 0 Å². The van der Waals surface area contributed by atoms with Crippen molar-refractivity contribution in [2.24, 2.45) is 0 Å². The van der Waals surface area contributed by atoms with Gasteiger partial charge in [-0.1, -0.05) is 47.5 Å². The Balaban J connectivity index is 1.23. The minimum absolute atomic E-state index is 0.186. The van der Waals surface area contributed by atoms with Gasteiger partial charge >= 0.3 is 6.09 Å². The zero-order valence-corrected chi connectivity index (χ0v) is 22.3. The number of benzene rings is 3. The minimum Gasteiger partial charge on any atom is -0.454 e. The van der Waals surface area contributed by atoms with Crippen molar-refractivity contribution in [3.63, 3.8) is 0 Å². The van der Waals surface area contributed by atoms with Gasteiger partial charge < -0.3 is 29.8 Å². The monoisotopic (exact) mass is 573 g/mol. The van der Waals surface area contributed by atoms with Gasteiger partial charge in [-0.2, -0.15) is 0 Å². The molecule has 0 saturated carbocycles. The second-order valence-electron chi connectivity index (χ2n) is 8.79. The van der Waals surface area contributed by atoms with Crippen molar-refractivity contribution in [3.05, 3.63) is 101 Å². The fraction of sp³-hybridized carbons (Fsp3) is 0.0690. The SMILES string of the molecule is O=C(NCc1ccc2c(c1)OCO2)Oc1cc(-c2nc(Nc3ccccc3)ncc2-c2cc(Cl)cc(Cl)c2)c[nH]1. The van der Waals surface area contributed by atoms with Gasteiger partial charge in [-0.15, -0.1) is 0 Å². The molecule has 0 spiro atoms. The number of amides is 1. The molecule has 2 aromatic heterocycles. The average molecular weight is 574 g/mol. The summed E-state index contributed by atoms with van der Waals surface area (Å²) >= 11 is 12.6. The second-order valence-corrected chi connectivity index (χ2v) is 9.66. The van der Waals surface area contributed by atoms with E-state index in [1.54, 1.807) is 42.7 Å². The molecule has 0 atom stereocenters. The molecule has 0 fully saturated rings. The third kappa shape index (κ3) is 5.80. The third-order valence-electron chi connectivity index (χ3n) is 6.00. The molecule has 3 N–H and O–H groups in total. The predicted octanol–water partition coefficient (Wildman–Crippen LogP) is 7.21. The van der Waals surface area contributed by atoms with Gasteiger partial charge in [0.15, 0.2) is 11.5 Å². The smallest absolute Gasteiger partial charge is 0.414 e. The highest BCUT2D eigenvalue weighted by atomic mass is 35.5. The zero-order valence-electron chi connectivity index (χ0n) is 20.8. The van der Waals surface area contributed by atoms with E-state index >= 15 is 0 Å². The number of H-pyrrole nitrogens is 1. The van der Waals surface area contributed by atoms with E-state index in [-0.39, 0.29) is 19.2 Å². The number of anilines is 2. The number of aromatic amines is 1. The number of hydrogen-bond acceptors (Lipinski definition) is 7. The molecule has 3 heterocycles. The molecule has 5 aromatic rings. The standard InChI is InChI=1S/C29H21Cl2N5O4/c30-20-9-18(10-21(31)12-20)23-15-33-28(35-22-4-2-1-3-5-22)36-27(23)19-11-26(32-14-19)40-29(37)34-13-17-6-7-24-25(8-17)39-16-38-24/h1-12,14-15,32H,13,16H2,(H,34,37)(H,33,35,36). The van der Waals surface area contributed by atoms with Crippen LogP contribution in [0.2, 0.25) is 10.0 Å². The third-order valence-corrected chi connectivity index (χ3v) is 6.44. The van der Waals surface area contributed by atoms with E-state index in [0.29, 0.717) is 44.3 Å². The average Bonchev–Trinajstić information content (AvgIpc) is 3.61. The maximum absolute atomic E-state index is 12.5. The number of nitrogens with zero attached hydrogens (tertiary/aromatic N) is 2. The number of aromatic nitrogens is 3. The summed E-state index contributed by atoms with van der Waals surface area (Å²) in [4.78, 5) is 24.8. The summed E-state index contributed by atoms with van der Waals surface area (Å²) in [5.41, 5.74) is 4.37. The maximum atomic E-state index is 12.5. The molecule has 11 heteroatoms. The number of carbonyl (C=O) groups is 1. The van der Waals surface area contributed by atoms with Gasteiger partial charge in [0, 0.05) is 51.9 Å². The summed E-state index contributed by atoms with van der Waals surface area (Å²) in [6.07, 6.45) is 2.77. The van der Waals surface area contributed by atoms with E-state index in [4.69, 9.17) is 42.4 Å². The van der Waals surface area contributed by atoms with E-state index in [1.807, 2.05) is 42.5 Å². The Morgan fingerprint density at radius 3 is 2.58 bits per heavy atom. The van der Waals surface area contributed by atoms with Gasteiger partial charge in [0.05, 0.1) is 5.69 Å². The number of rotatable bonds is 7. The first-order valence-corrected chi connectivity index (χ1v) is 12.9. The van der Waals surface area contributed by atoms with Gasteiger partial charge in [-0.25, -0.2) is 14.8 Å². The van der Waals surface area contributed by atoms with Gasteiger partial charge in [0.1, 0.15) is 0 Å².